The van der Waals surface area contributed by atoms with Crippen LogP contribution >= 0.6 is 0 Å². The molecule has 0 saturated heterocycles. The molecule has 6 heteroatoms. The first-order valence-corrected chi connectivity index (χ1v) is 6.42. The minimum absolute atomic E-state index is 0.179. The largest absolute Gasteiger partial charge is 0.462 e. The monoisotopic (exact) mass is 265 g/mol. The standard InChI is InChI=1S/C12H18F3NO2/c13-12(14,15)10(16)9(7-3-1-2-4-7)11(17)18-8-5-6-8/h7-10H,1-6,16H2/t9-,10-/m1/s1. The summed E-state index contributed by atoms with van der Waals surface area (Å²) in [4.78, 5) is 11.9. The fourth-order valence-corrected chi connectivity index (χ4v) is 2.58. The molecule has 104 valence electrons. The number of halogens is 3. The predicted octanol–water partition coefficient (Wildman–Crippen LogP) is 2.39. The average Bonchev–Trinajstić information content (AvgIpc) is 2.91. The second kappa shape index (κ2) is 5.07. The molecule has 0 aromatic heterocycles. The van der Waals surface area contributed by atoms with Gasteiger partial charge in [0, 0.05) is 0 Å². The smallest absolute Gasteiger partial charge is 0.404 e. The molecule has 2 rings (SSSR count). The predicted molar refractivity (Wildman–Crippen MR) is 58.6 cm³/mol. The number of nitrogens with two attached hydrogens (primary N) is 1. The molecule has 0 aromatic rings. The summed E-state index contributed by atoms with van der Waals surface area (Å²) in [6.07, 6.45) is -0.223. The van der Waals surface area contributed by atoms with Crippen LogP contribution in [0.2, 0.25) is 0 Å². The van der Waals surface area contributed by atoms with E-state index in [1.54, 1.807) is 0 Å². The maximum Gasteiger partial charge on any atom is 0.404 e. The van der Waals surface area contributed by atoms with Crippen molar-refractivity contribution in [2.75, 3.05) is 0 Å². The number of alkyl halides is 3. The van der Waals surface area contributed by atoms with Crippen LogP contribution in [0.25, 0.3) is 0 Å². The van der Waals surface area contributed by atoms with Crippen molar-refractivity contribution in [1.82, 2.24) is 0 Å². The number of ether oxygens (including phenoxy) is 1. The van der Waals surface area contributed by atoms with Crippen LogP contribution in [0.15, 0.2) is 0 Å². The SMILES string of the molecule is N[C@H]([C@H](C(=O)OC1CC1)C1CCCC1)C(F)(F)F. The molecule has 3 nitrogen and oxygen atoms in total. The number of carbonyl (C=O) groups is 1. The molecule has 2 saturated carbocycles. The van der Waals surface area contributed by atoms with Gasteiger partial charge in [0.2, 0.25) is 0 Å². The Hall–Kier alpha value is -0.780. The maximum absolute atomic E-state index is 12.7. The first-order chi connectivity index (χ1) is 8.39. The van der Waals surface area contributed by atoms with Gasteiger partial charge >= 0.3 is 12.1 Å². The Labute approximate surface area is 104 Å². The van der Waals surface area contributed by atoms with Crippen molar-refractivity contribution in [2.24, 2.45) is 17.6 Å². The summed E-state index contributed by atoms with van der Waals surface area (Å²) in [5.74, 6) is -2.27. The van der Waals surface area contributed by atoms with Gasteiger partial charge < -0.3 is 10.5 Å². The van der Waals surface area contributed by atoms with Crippen molar-refractivity contribution >= 4 is 5.97 Å². The quantitative estimate of drug-likeness (QED) is 0.794. The number of hydrogen-bond donors (Lipinski definition) is 1. The highest BCUT2D eigenvalue weighted by Crippen LogP contribution is 2.38. The van der Waals surface area contributed by atoms with E-state index in [1.807, 2.05) is 0 Å². The molecule has 0 heterocycles. The second-order valence-electron chi connectivity index (χ2n) is 5.27. The lowest BCUT2D eigenvalue weighted by Gasteiger charge is -2.28. The van der Waals surface area contributed by atoms with Gasteiger partial charge in [-0.3, -0.25) is 4.79 Å². The Morgan fingerprint density at radius 2 is 1.72 bits per heavy atom. The third-order valence-corrected chi connectivity index (χ3v) is 3.75. The van der Waals surface area contributed by atoms with E-state index in [0.29, 0.717) is 12.8 Å². The maximum atomic E-state index is 12.7. The summed E-state index contributed by atoms with van der Waals surface area (Å²) in [6.45, 7) is 0. The van der Waals surface area contributed by atoms with Gasteiger partial charge in [-0.2, -0.15) is 13.2 Å². The van der Waals surface area contributed by atoms with E-state index in [1.165, 1.54) is 0 Å². The minimum atomic E-state index is -4.55. The normalized spacial score (nSPS) is 24.9. The number of carbonyl (C=O) groups excluding carboxylic acids is 1. The first kappa shape index (κ1) is 13.6. The van der Waals surface area contributed by atoms with Gasteiger partial charge in [0.25, 0.3) is 0 Å². The van der Waals surface area contributed by atoms with Gasteiger partial charge in [-0.05, 0) is 31.6 Å². The van der Waals surface area contributed by atoms with Crippen LogP contribution in [0, 0.1) is 11.8 Å². The van der Waals surface area contributed by atoms with E-state index in [2.05, 4.69) is 0 Å². The van der Waals surface area contributed by atoms with Crippen molar-refractivity contribution in [1.29, 1.82) is 0 Å². The van der Waals surface area contributed by atoms with Crippen LogP contribution in [0.3, 0.4) is 0 Å². The topological polar surface area (TPSA) is 52.3 Å². The van der Waals surface area contributed by atoms with E-state index in [0.717, 1.165) is 25.7 Å². The molecular formula is C12H18F3NO2. The molecule has 2 fully saturated rings. The molecule has 0 aromatic carbocycles. The summed E-state index contributed by atoms with van der Waals surface area (Å²) < 4.78 is 43.2. The van der Waals surface area contributed by atoms with E-state index < -0.39 is 24.1 Å². The third-order valence-electron chi connectivity index (χ3n) is 3.75. The van der Waals surface area contributed by atoms with Crippen molar-refractivity contribution in [3.8, 4) is 0 Å². The van der Waals surface area contributed by atoms with Crippen molar-refractivity contribution < 1.29 is 22.7 Å². The highest BCUT2D eigenvalue weighted by Gasteiger charge is 2.49. The highest BCUT2D eigenvalue weighted by atomic mass is 19.4. The van der Waals surface area contributed by atoms with Crippen LogP contribution in [-0.4, -0.2) is 24.3 Å². The molecule has 0 spiro atoms. The van der Waals surface area contributed by atoms with Crippen LogP contribution < -0.4 is 5.73 Å². The van der Waals surface area contributed by atoms with E-state index in [9.17, 15) is 18.0 Å². The lowest BCUT2D eigenvalue weighted by atomic mass is 9.84. The van der Waals surface area contributed by atoms with Gasteiger partial charge in [-0.1, -0.05) is 12.8 Å². The zero-order valence-corrected chi connectivity index (χ0v) is 10.1. The summed E-state index contributed by atoms with van der Waals surface area (Å²) in [7, 11) is 0. The zero-order valence-electron chi connectivity index (χ0n) is 10.1. The third kappa shape index (κ3) is 3.16. The number of esters is 1. The van der Waals surface area contributed by atoms with Crippen LogP contribution in [-0.2, 0) is 9.53 Å². The van der Waals surface area contributed by atoms with Crippen molar-refractivity contribution in [3.05, 3.63) is 0 Å². The summed E-state index contributed by atoms with van der Waals surface area (Å²) >= 11 is 0. The zero-order chi connectivity index (χ0) is 13.3. The fraction of sp³-hybridized carbons (Fsp3) is 0.917. The molecule has 0 bridgehead atoms. The van der Waals surface area contributed by atoms with Gasteiger partial charge in [-0.15, -0.1) is 0 Å². The van der Waals surface area contributed by atoms with Gasteiger partial charge in [0.05, 0.1) is 5.92 Å². The van der Waals surface area contributed by atoms with Crippen LogP contribution in [0.1, 0.15) is 38.5 Å². The molecule has 18 heavy (non-hydrogen) atoms. The fourth-order valence-electron chi connectivity index (χ4n) is 2.58. The van der Waals surface area contributed by atoms with E-state index in [4.69, 9.17) is 10.5 Å². The van der Waals surface area contributed by atoms with Gasteiger partial charge in [0.15, 0.2) is 0 Å². The van der Waals surface area contributed by atoms with Gasteiger partial charge in [-0.25, -0.2) is 0 Å². The van der Waals surface area contributed by atoms with E-state index >= 15 is 0 Å². The molecule has 2 N–H and O–H groups in total. The number of hydrogen-bond acceptors (Lipinski definition) is 3. The lowest BCUT2D eigenvalue weighted by molar-refractivity contribution is -0.181. The summed E-state index contributed by atoms with van der Waals surface area (Å²) in [6, 6.07) is -2.10. The molecule has 0 radical (unpaired) electrons. The summed E-state index contributed by atoms with van der Waals surface area (Å²) in [5, 5.41) is 0. The molecule has 2 aliphatic carbocycles. The Morgan fingerprint density at radius 3 is 2.17 bits per heavy atom. The van der Waals surface area contributed by atoms with Crippen LogP contribution in [0.4, 0.5) is 13.2 Å². The summed E-state index contributed by atoms with van der Waals surface area (Å²) in [5.41, 5.74) is 5.25. The lowest BCUT2D eigenvalue weighted by Crippen LogP contribution is -2.50. The molecule has 2 aliphatic rings. The van der Waals surface area contributed by atoms with E-state index in [-0.39, 0.29) is 12.0 Å². The number of rotatable bonds is 4. The molecule has 0 unspecified atom stereocenters. The first-order valence-electron chi connectivity index (χ1n) is 6.42. The molecule has 0 aliphatic heterocycles. The Bertz CT molecular complexity index is 309. The Balaban J connectivity index is 2.07. The van der Waals surface area contributed by atoms with Crippen LogP contribution in [0.5, 0.6) is 0 Å². The average molecular weight is 265 g/mol. The molecule has 0 amide bonds. The highest BCUT2D eigenvalue weighted by molar-refractivity contribution is 5.74. The molecule has 2 atom stereocenters. The second-order valence-corrected chi connectivity index (χ2v) is 5.27. The Kier molecular flexibility index (Phi) is 3.84. The van der Waals surface area contributed by atoms with Crippen molar-refractivity contribution in [2.45, 2.75) is 56.8 Å². The van der Waals surface area contributed by atoms with Gasteiger partial charge in [0.1, 0.15) is 12.1 Å². The Morgan fingerprint density at radius 1 is 1.17 bits per heavy atom. The van der Waals surface area contributed by atoms with Crippen molar-refractivity contribution in [3.63, 3.8) is 0 Å². The molecular weight excluding hydrogens is 247 g/mol. The minimum Gasteiger partial charge on any atom is -0.462 e.